The average Bonchev–Trinajstić information content (AvgIpc) is 3.12. The number of halogens is 1. The highest BCUT2D eigenvalue weighted by atomic mass is 19.1. The third kappa shape index (κ3) is 2.42. The number of rotatable bonds is 4. The van der Waals surface area contributed by atoms with E-state index in [-0.39, 0.29) is 11.7 Å². The fraction of sp³-hybridized carbons (Fsp3) is 0.500. The summed E-state index contributed by atoms with van der Waals surface area (Å²) in [7, 11) is 0. The molecule has 1 aromatic carbocycles. The second-order valence-electron chi connectivity index (χ2n) is 5.53. The molecule has 1 saturated carbocycles. The molecular weight excluding hydrogens is 245 g/mol. The first-order chi connectivity index (χ1) is 9.09. The van der Waals surface area contributed by atoms with Crippen LogP contribution in [0.5, 0.6) is 0 Å². The molecule has 1 aliphatic carbocycles. The van der Waals surface area contributed by atoms with Crippen molar-refractivity contribution < 1.29 is 9.18 Å². The lowest BCUT2D eigenvalue weighted by Crippen LogP contribution is -2.52. The van der Waals surface area contributed by atoms with Crippen molar-refractivity contribution in [2.45, 2.75) is 30.8 Å². The summed E-state index contributed by atoms with van der Waals surface area (Å²) in [5.41, 5.74) is 5.42. The van der Waals surface area contributed by atoms with Crippen LogP contribution in [0.1, 0.15) is 19.3 Å². The van der Waals surface area contributed by atoms with E-state index in [1.807, 2.05) is 0 Å². The number of hydrogen-bond acceptors (Lipinski definition) is 3. The topological polar surface area (TPSA) is 58.4 Å². The summed E-state index contributed by atoms with van der Waals surface area (Å²) in [5, 5.41) is 3.15. The summed E-state index contributed by atoms with van der Waals surface area (Å²) < 4.78 is 13.2. The average molecular weight is 263 g/mol. The molecule has 2 fully saturated rings. The maximum atomic E-state index is 13.2. The Morgan fingerprint density at radius 1 is 1.47 bits per heavy atom. The van der Waals surface area contributed by atoms with Gasteiger partial charge in [-0.1, -0.05) is 6.07 Å². The monoisotopic (exact) mass is 263 g/mol. The molecule has 102 valence electrons. The van der Waals surface area contributed by atoms with Gasteiger partial charge in [-0.15, -0.1) is 0 Å². The zero-order valence-corrected chi connectivity index (χ0v) is 10.7. The fourth-order valence-corrected chi connectivity index (χ4v) is 2.80. The minimum Gasteiger partial charge on any atom is -0.370 e. The van der Waals surface area contributed by atoms with Crippen molar-refractivity contribution in [1.29, 1.82) is 0 Å². The van der Waals surface area contributed by atoms with Gasteiger partial charge in [-0.3, -0.25) is 9.69 Å². The molecule has 3 rings (SSSR count). The number of nitrogens with one attached hydrogen (secondary N) is 1. The van der Waals surface area contributed by atoms with Crippen molar-refractivity contribution in [3.63, 3.8) is 0 Å². The molecule has 0 spiro atoms. The van der Waals surface area contributed by atoms with Crippen LogP contribution < -0.4 is 11.1 Å². The van der Waals surface area contributed by atoms with E-state index in [0.29, 0.717) is 24.7 Å². The number of nitrogens with two attached hydrogens (primary N) is 1. The van der Waals surface area contributed by atoms with Crippen LogP contribution in [0, 0.1) is 5.82 Å². The molecule has 1 saturated heterocycles. The van der Waals surface area contributed by atoms with Crippen molar-refractivity contribution in [2.75, 3.05) is 18.4 Å². The number of nitrogens with zero attached hydrogens (tertiary/aromatic N) is 1. The van der Waals surface area contributed by atoms with Crippen LogP contribution in [0.15, 0.2) is 24.3 Å². The van der Waals surface area contributed by atoms with Gasteiger partial charge in [0.25, 0.3) is 0 Å². The molecule has 19 heavy (non-hydrogen) atoms. The highest BCUT2D eigenvalue weighted by Gasteiger charge is 2.47. The smallest absolute Gasteiger partial charge is 0.244 e. The van der Waals surface area contributed by atoms with Gasteiger partial charge in [0.2, 0.25) is 5.91 Å². The number of likely N-dealkylation sites (tertiary alicyclic amines) is 1. The SMILES string of the molecule is NC(=O)C1(Nc2cccc(F)c2)CCN(C2CC2)C1. The number of benzene rings is 1. The predicted octanol–water partition coefficient (Wildman–Crippen LogP) is 1.33. The Morgan fingerprint density at radius 3 is 2.89 bits per heavy atom. The maximum absolute atomic E-state index is 13.2. The third-order valence-corrected chi connectivity index (χ3v) is 4.04. The largest absolute Gasteiger partial charge is 0.370 e. The molecule has 0 bridgehead atoms. The van der Waals surface area contributed by atoms with Gasteiger partial charge in [-0.05, 0) is 37.5 Å². The van der Waals surface area contributed by atoms with Gasteiger partial charge in [0.1, 0.15) is 11.4 Å². The van der Waals surface area contributed by atoms with Crippen LogP contribution in [-0.2, 0) is 4.79 Å². The van der Waals surface area contributed by atoms with E-state index in [2.05, 4.69) is 10.2 Å². The number of hydrogen-bond donors (Lipinski definition) is 2. The maximum Gasteiger partial charge on any atom is 0.244 e. The predicted molar refractivity (Wildman–Crippen MR) is 71.2 cm³/mol. The summed E-state index contributed by atoms with van der Waals surface area (Å²) in [6.07, 6.45) is 3.08. The Morgan fingerprint density at radius 2 is 2.26 bits per heavy atom. The van der Waals surface area contributed by atoms with Crippen LogP contribution in [0.4, 0.5) is 10.1 Å². The molecule has 3 N–H and O–H groups in total. The Labute approximate surface area is 111 Å². The van der Waals surface area contributed by atoms with E-state index in [4.69, 9.17) is 5.73 Å². The third-order valence-electron chi connectivity index (χ3n) is 4.04. The van der Waals surface area contributed by atoms with Gasteiger partial charge < -0.3 is 11.1 Å². The van der Waals surface area contributed by atoms with Crippen molar-refractivity contribution in [3.8, 4) is 0 Å². The lowest BCUT2D eigenvalue weighted by atomic mass is 9.97. The second-order valence-corrected chi connectivity index (χ2v) is 5.53. The number of carbonyl (C=O) groups is 1. The van der Waals surface area contributed by atoms with Gasteiger partial charge in [-0.2, -0.15) is 0 Å². The lowest BCUT2D eigenvalue weighted by molar-refractivity contribution is -0.121. The molecule has 0 aromatic heterocycles. The zero-order valence-electron chi connectivity index (χ0n) is 10.7. The van der Waals surface area contributed by atoms with Gasteiger partial charge in [0, 0.05) is 24.8 Å². The Kier molecular flexibility index (Phi) is 2.93. The summed E-state index contributed by atoms with van der Waals surface area (Å²) in [4.78, 5) is 14.1. The van der Waals surface area contributed by atoms with Crippen LogP contribution in [-0.4, -0.2) is 35.5 Å². The molecule has 1 aromatic rings. The minimum absolute atomic E-state index is 0.318. The lowest BCUT2D eigenvalue weighted by Gasteiger charge is -2.28. The Balaban J connectivity index is 1.79. The molecule has 1 amide bonds. The molecule has 1 unspecified atom stereocenters. The molecule has 4 nitrogen and oxygen atoms in total. The number of primary amides is 1. The number of carbonyl (C=O) groups excluding carboxylic acids is 1. The van der Waals surface area contributed by atoms with Crippen LogP contribution in [0.25, 0.3) is 0 Å². The van der Waals surface area contributed by atoms with Gasteiger partial charge in [-0.25, -0.2) is 4.39 Å². The summed E-state index contributed by atoms with van der Waals surface area (Å²) in [5.74, 6) is -0.679. The number of anilines is 1. The Hall–Kier alpha value is -1.62. The van der Waals surface area contributed by atoms with E-state index in [9.17, 15) is 9.18 Å². The standard InChI is InChI=1S/C14H18FN3O/c15-10-2-1-3-11(8-10)17-14(13(16)19)6-7-18(9-14)12-4-5-12/h1-3,8,12,17H,4-7,9H2,(H2,16,19). The quantitative estimate of drug-likeness (QED) is 0.861. The van der Waals surface area contributed by atoms with E-state index >= 15 is 0 Å². The van der Waals surface area contributed by atoms with E-state index in [1.165, 1.54) is 25.0 Å². The van der Waals surface area contributed by atoms with E-state index < -0.39 is 5.54 Å². The van der Waals surface area contributed by atoms with E-state index in [1.54, 1.807) is 12.1 Å². The fourth-order valence-electron chi connectivity index (χ4n) is 2.80. The summed E-state index contributed by atoms with van der Waals surface area (Å²) in [6, 6.07) is 6.76. The van der Waals surface area contributed by atoms with Crippen molar-refractivity contribution in [3.05, 3.63) is 30.1 Å². The second kappa shape index (κ2) is 4.49. The molecular formula is C14H18FN3O. The number of amides is 1. The molecule has 1 heterocycles. The van der Waals surface area contributed by atoms with Crippen molar-refractivity contribution >= 4 is 11.6 Å². The molecule has 0 radical (unpaired) electrons. The highest BCUT2D eigenvalue weighted by Crippen LogP contribution is 2.35. The zero-order chi connectivity index (χ0) is 13.5. The normalized spacial score (nSPS) is 27.4. The molecule has 1 atom stereocenters. The highest BCUT2D eigenvalue weighted by molar-refractivity contribution is 5.88. The van der Waals surface area contributed by atoms with Crippen molar-refractivity contribution in [1.82, 2.24) is 4.90 Å². The van der Waals surface area contributed by atoms with Gasteiger partial charge >= 0.3 is 0 Å². The molecule has 1 aliphatic heterocycles. The van der Waals surface area contributed by atoms with Gasteiger partial charge in [0.15, 0.2) is 0 Å². The summed E-state index contributed by atoms with van der Waals surface area (Å²) in [6.45, 7) is 1.49. The Bertz CT molecular complexity index is 503. The van der Waals surface area contributed by atoms with Crippen LogP contribution in [0.2, 0.25) is 0 Å². The van der Waals surface area contributed by atoms with Crippen LogP contribution >= 0.6 is 0 Å². The van der Waals surface area contributed by atoms with Crippen LogP contribution in [0.3, 0.4) is 0 Å². The first-order valence-electron chi connectivity index (χ1n) is 6.67. The molecule has 2 aliphatic rings. The summed E-state index contributed by atoms with van der Waals surface area (Å²) >= 11 is 0. The molecule has 5 heteroatoms. The minimum atomic E-state index is -0.767. The van der Waals surface area contributed by atoms with Crippen molar-refractivity contribution in [2.24, 2.45) is 5.73 Å². The first-order valence-corrected chi connectivity index (χ1v) is 6.67. The van der Waals surface area contributed by atoms with Gasteiger partial charge in [0.05, 0.1) is 0 Å². The van der Waals surface area contributed by atoms with E-state index in [0.717, 1.165) is 6.54 Å². The first kappa shape index (κ1) is 12.4.